The highest BCUT2D eigenvalue weighted by Crippen LogP contribution is 2.21. The lowest BCUT2D eigenvalue weighted by Crippen LogP contribution is -2.40. The van der Waals surface area contributed by atoms with Crippen molar-refractivity contribution < 1.29 is 4.79 Å². The SMILES string of the molecule is Cc1cccc(CN2CCC(C(=O)NCc3ccccc3CN3CCCC3)CC2)c1. The first-order chi connectivity index (χ1) is 14.7. The maximum absolute atomic E-state index is 12.8. The van der Waals surface area contributed by atoms with E-state index in [1.807, 2.05) is 0 Å². The minimum Gasteiger partial charge on any atom is -0.352 e. The summed E-state index contributed by atoms with van der Waals surface area (Å²) in [6, 6.07) is 17.3. The number of hydrogen-bond acceptors (Lipinski definition) is 3. The molecular weight excluding hydrogens is 370 g/mol. The molecule has 30 heavy (non-hydrogen) atoms. The molecule has 2 fully saturated rings. The lowest BCUT2D eigenvalue weighted by molar-refractivity contribution is -0.126. The van der Waals surface area contributed by atoms with Gasteiger partial charge < -0.3 is 5.32 Å². The van der Waals surface area contributed by atoms with Gasteiger partial charge in [-0.1, -0.05) is 54.1 Å². The lowest BCUT2D eigenvalue weighted by Gasteiger charge is -2.31. The number of likely N-dealkylation sites (tertiary alicyclic amines) is 2. The fraction of sp³-hybridized carbons (Fsp3) is 0.500. The van der Waals surface area contributed by atoms with Crippen LogP contribution < -0.4 is 5.32 Å². The molecule has 4 heteroatoms. The first-order valence-corrected chi connectivity index (χ1v) is 11.5. The molecule has 2 heterocycles. The van der Waals surface area contributed by atoms with Crippen LogP contribution in [0.5, 0.6) is 0 Å². The third kappa shape index (κ3) is 5.71. The molecule has 0 radical (unpaired) electrons. The van der Waals surface area contributed by atoms with Crippen molar-refractivity contribution in [3.05, 3.63) is 70.8 Å². The Balaban J connectivity index is 1.24. The fourth-order valence-electron chi connectivity index (χ4n) is 4.81. The van der Waals surface area contributed by atoms with Gasteiger partial charge in [-0.15, -0.1) is 0 Å². The van der Waals surface area contributed by atoms with Gasteiger partial charge in [0, 0.05) is 25.6 Å². The van der Waals surface area contributed by atoms with Crippen LogP contribution in [0.1, 0.15) is 47.9 Å². The van der Waals surface area contributed by atoms with Gasteiger partial charge in [0.1, 0.15) is 0 Å². The van der Waals surface area contributed by atoms with E-state index in [1.165, 1.54) is 48.2 Å². The Morgan fingerprint density at radius 1 is 0.900 bits per heavy atom. The largest absolute Gasteiger partial charge is 0.352 e. The third-order valence-electron chi connectivity index (χ3n) is 6.61. The molecule has 2 aromatic carbocycles. The highest BCUT2D eigenvalue weighted by Gasteiger charge is 2.25. The Kier molecular flexibility index (Phi) is 7.19. The zero-order valence-corrected chi connectivity index (χ0v) is 18.3. The maximum atomic E-state index is 12.8. The van der Waals surface area contributed by atoms with Crippen LogP contribution in [0.3, 0.4) is 0 Å². The highest BCUT2D eigenvalue weighted by molar-refractivity contribution is 5.78. The summed E-state index contributed by atoms with van der Waals surface area (Å²) in [5.74, 6) is 0.366. The standard InChI is InChI=1S/C26H35N3O/c1-21-7-6-8-22(17-21)19-29-15-11-23(12-16-29)26(30)27-18-24-9-2-3-10-25(24)20-28-13-4-5-14-28/h2-3,6-10,17,23H,4-5,11-16,18-20H2,1H3,(H,27,30). The second-order valence-corrected chi connectivity index (χ2v) is 9.01. The topological polar surface area (TPSA) is 35.6 Å². The summed E-state index contributed by atoms with van der Waals surface area (Å²) in [6.45, 7) is 9.16. The van der Waals surface area contributed by atoms with E-state index in [2.05, 4.69) is 70.6 Å². The molecule has 2 aliphatic rings. The van der Waals surface area contributed by atoms with Gasteiger partial charge in [-0.2, -0.15) is 0 Å². The predicted molar refractivity (Wildman–Crippen MR) is 122 cm³/mol. The second-order valence-electron chi connectivity index (χ2n) is 9.01. The fourth-order valence-corrected chi connectivity index (χ4v) is 4.81. The molecule has 160 valence electrons. The van der Waals surface area contributed by atoms with Crippen molar-refractivity contribution in [2.75, 3.05) is 26.2 Å². The quantitative estimate of drug-likeness (QED) is 0.753. The summed E-state index contributed by atoms with van der Waals surface area (Å²) in [7, 11) is 0. The van der Waals surface area contributed by atoms with Crippen LogP contribution >= 0.6 is 0 Å². The molecule has 0 aliphatic carbocycles. The van der Waals surface area contributed by atoms with Crippen molar-refractivity contribution >= 4 is 5.91 Å². The van der Waals surface area contributed by atoms with Crippen LogP contribution in [0, 0.1) is 12.8 Å². The number of carbonyl (C=O) groups is 1. The van der Waals surface area contributed by atoms with E-state index in [0.29, 0.717) is 6.54 Å². The number of aryl methyl sites for hydroxylation is 1. The lowest BCUT2D eigenvalue weighted by atomic mass is 9.95. The van der Waals surface area contributed by atoms with Crippen molar-refractivity contribution in [3.63, 3.8) is 0 Å². The first kappa shape index (κ1) is 21.1. The average Bonchev–Trinajstić information content (AvgIpc) is 3.27. The number of piperidine rings is 1. The molecule has 0 atom stereocenters. The molecule has 2 aromatic rings. The van der Waals surface area contributed by atoms with Crippen LogP contribution in [0.4, 0.5) is 0 Å². The highest BCUT2D eigenvalue weighted by atomic mass is 16.1. The molecule has 2 saturated heterocycles. The van der Waals surface area contributed by atoms with Gasteiger partial charge in [0.05, 0.1) is 0 Å². The van der Waals surface area contributed by atoms with E-state index in [4.69, 9.17) is 0 Å². The predicted octanol–water partition coefficient (Wildman–Crippen LogP) is 4.12. The van der Waals surface area contributed by atoms with Crippen molar-refractivity contribution in [1.29, 1.82) is 0 Å². The van der Waals surface area contributed by atoms with Gasteiger partial charge in [0.25, 0.3) is 0 Å². The number of carbonyl (C=O) groups excluding carboxylic acids is 1. The van der Waals surface area contributed by atoms with E-state index < -0.39 is 0 Å². The average molecular weight is 406 g/mol. The number of rotatable bonds is 7. The molecular formula is C26H35N3O. The number of nitrogens with zero attached hydrogens (tertiary/aromatic N) is 2. The molecule has 0 aromatic heterocycles. The van der Waals surface area contributed by atoms with Gasteiger partial charge in [-0.25, -0.2) is 0 Å². The summed E-state index contributed by atoms with van der Waals surface area (Å²) in [4.78, 5) is 17.8. The van der Waals surface area contributed by atoms with E-state index in [1.54, 1.807) is 0 Å². The molecule has 0 unspecified atom stereocenters. The first-order valence-electron chi connectivity index (χ1n) is 11.5. The zero-order valence-electron chi connectivity index (χ0n) is 18.3. The minimum absolute atomic E-state index is 0.143. The van der Waals surface area contributed by atoms with Crippen LogP contribution in [0.2, 0.25) is 0 Å². The van der Waals surface area contributed by atoms with Crippen LogP contribution in [-0.4, -0.2) is 41.9 Å². The molecule has 1 N–H and O–H groups in total. The Morgan fingerprint density at radius 2 is 1.60 bits per heavy atom. The second kappa shape index (κ2) is 10.2. The zero-order chi connectivity index (χ0) is 20.8. The van der Waals surface area contributed by atoms with Gasteiger partial charge in [0.15, 0.2) is 0 Å². The summed E-state index contributed by atoms with van der Waals surface area (Å²) < 4.78 is 0. The van der Waals surface area contributed by atoms with Crippen LogP contribution in [-0.2, 0) is 24.4 Å². The minimum atomic E-state index is 0.143. The van der Waals surface area contributed by atoms with Crippen LogP contribution in [0.15, 0.2) is 48.5 Å². The van der Waals surface area contributed by atoms with E-state index in [0.717, 1.165) is 39.0 Å². The van der Waals surface area contributed by atoms with Crippen molar-refractivity contribution in [1.82, 2.24) is 15.1 Å². The Hall–Kier alpha value is -2.17. The van der Waals surface area contributed by atoms with E-state index in [-0.39, 0.29) is 11.8 Å². The Morgan fingerprint density at radius 3 is 2.33 bits per heavy atom. The molecule has 0 bridgehead atoms. The van der Waals surface area contributed by atoms with E-state index in [9.17, 15) is 4.79 Å². The van der Waals surface area contributed by atoms with Gasteiger partial charge >= 0.3 is 0 Å². The number of amides is 1. The Bertz CT molecular complexity index is 836. The number of nitrogens with one attached hydrogen (secondary N) is 1. The number of benzene rings is 2. The summed E-state index contributed by atoms with van der Waals surface area (Å²) in [5.41, 5.74) is 5.29. The Labute approximate surface area is 181 Å². The molecule has 4 rings (SSSR count). The van der Waals surface area contributed by atoms with Crippen molar-refractivity contribution in [2.24, 2.45) is 5.92 Å². The summed E-state index contributed by atoms with van der Waals surface area (Å²) >= 11 is 0. The monoisotopic (exact) mass is 405 g/mol. The van der Waals surface area contributed by atoms with Crippen molar-refractivity contribution in [3.8, 4) is 0 Å². The van der Waals surface area contributed by atoms with Gasteiger partial charge in [0.2, 0.25) is 5.91 Å². The molecule has 0 saturated carbocycles. The van der Waals surface area contributed by atoms with Gasteiger partial charge in [-0.05, 0) is 75.5 Å². The summed E-state index contributed by atoms with van der Waals surface area (Å²) in [5, 5.41) is 3.23. The van der Waals surface area contributed by atoms with E-state index >= 15 is 0 Å². The normalized spacial score (nSPS) is 18.6. The number of hydrogen-bond donors (Lipinski definition) is 1. The van der Waals surface area contributed by atoms with Gasteiger partial charge in [-0.3, -0.25) is 14.6 Å². The van der Waals surface area contributed by atoms with Crippen molar-refractivity contribution in [2.45, 2.75) is 52.2 Å². The summed E-state index contributed by atoms with van der Waals surface area (Å²) in [6.07, 6.45) is 4.52. The smallest absolute Gasteiger partial charge is 0.223 e. The van der Waals surface area contributed by atoms with Crippen LogP contribution in [0.25, 0.3) is 0 Å². The molecule has 1 amide bonds. The molecule has 4 nitrogen and oxygen atoms in total. The third-order valence-corrected chi connectivity index (χ3v) is 6.61. The molecule has 2 aliphatic heterocycles. The molecule has 0 spiro atoms. The maximum Gasteiger partial charge on any atom is 0.223 e.